The highest BCUT2D eigenvalue weighted by molar-refractivity contribution is 5.85. The van der Waals surface area contributed by atoms with E-state index in [9.17, 15) is 4.79 Å². The monoisotopic (exact) mass is 254 g/mol. The van der Waals surface area contributed by atoms with E-state index in [0.29, 0.717) is 17.1 Å². The average molecular weight is 254 g/mol. The van der Waals surface area contributed by atoms with E-state index in [-0.39, 0.29) is 0 Å². The molecule has 0 radical (unpaired) electrons. The van der Waals surface area contributed by atoms with Crippen molar-refractivity contribution in [1.82, 2.24) is 0 Å². The molecule has 0 amide bonds. The number of hydrogen-bond acceptors (Lipinski definition) is 4. The van der Waals surface area contributed by atoms with Gasteiger partial charge in [-0.15, -0.1) is 0 Å². The van der Waals surface area contributed by atoms with Gasteiger partial charge in [-0.1, -0.05) is 24.8 Å². The minimum atomic E-state index is -0.541. The van der Waals surface area contributed by atoms with Crippen LogP contribution < -0.4 is 16.2 Å². The smallest absolute Gasteiger partial charge is 0.335 e. The number of esters is 1. The van der Waals surface area contributed by atoms with Crippen LogP contribution in [0.25, 0.3) is 11.1 Å². The molecule has 4 heteroatoms. The highest BCUT2D eigenvalue weighted by Gasteiger charge is 2.07. The van der Waals surface area contributed by atoms with Gasteiger partial charge in [-0.2, -0.15) is 0 Å². The Hall–Kier alpha value is -2.75. The van der Waals surface area contributed by atoms with E-state index in [1.54, 1.807) is 24.3 Å². The number of carbonyl (C=O) groups excluding carboxylic acids is 1. The molecule has 19 heavy (non-hydrogen) atoms. The Labute approximate surface area is 111 Å². The van der Waals surface area contributed by atoms with Crippen LogP contribution in [-0.2, 0) is 4.79 Å². The first kappa shape index (κ1) is 12.7. The van der Waals surface area contributed by atoms with Crippen molar-refractivity contribution in [3.05, 3.63) is 55.1 Å². The molecule has 0 aliphatic rings. The number of nitrogen functional groups attached to an aromatic ring is 2. The van der Waals surface area contributed by atoms with Gasteiger partial charge in [-0.3, -0.25) is 0 Å². The lowest BCUT2D eigenvalue weighted by atomic mass is 10.0. The lowest BCUT2D eigenvalue weighted by Crippen LogP contribution is -2.05. The van der Waals surface area contributed by atoms with Crippen LogP contribution in [0.15, 0.2) is 55.1 Å². The Morgan fingerprint density at radius 3 is 2.32 bits per heavy atom. The summed E-state index contributed by atoms with van der Waals surface area (Å²) in [4.78, 5) is 11.2. The molecule has 0 saturated heterocycles. The Bertz CT molecular complexity index is 619. The van der Waals surface area contributed by atoms with Gasteiger partial charge in [0.25, 0.3) is 0 Å². The van der Waals surface area contributed by atoms with Crippen LogP contribution in [0, 0.1) is 0 Å². The minimum Gasteiger partial charge on any atom is -0.421 e. The number of rotatable bonds is 3. The second-order valence-corrected chi connectivity index (χ2v) is 4.00. The first-order valence-electron chi connectivity index (χ1n) is 5.70. The number of hydrogen-bond donors (Lipinski definition) is 2. The van der Waals surface area contributed by atoms with E-state index in [1.165, 1.54) is 0 Å². The SMILES string of the molecule is C=CC(=O)Oc1cc(-c2ccc(N)cc2)ccc1N. The topological polar surface area (TPSA) is 78.3 Å². The van der Waals surface area contributed by atoms with Gasteiger partial charge in [-0.25, -0.2) is 4.79 Å². The second-order valence-electron chi connectivity index (χ2n) is 4.00. The van der Waals surface area contributed by atoms with Gasteiger partial charge < -0.3 is 16.2 Å². The maximum atomic E-state index is 11.2. The summed E-state index contributed by atoms with van der Waals surface area (Å²) in [5, 5.41) is 0. The third-order valence-corrected chi connectivity index (χ3v) is 2.63. The van der Waals surface area contributed by atoms with Crippen molar-refractivity contribution in [2.45, 2.75) is 0 Å². The van der Waals surface area contributed by atoms with Gasteiger partial charge in [0.05, 0.1) is 5.69 Å². The molecule has 4 nitrogen and oxygen atoms in total. The van der Waals surface area contributed by atoms with Crippen LogP contribution in [0.5, 0.6) is 5.75 Å². The first-order chi connectivity index (χ1) is 9.10. The summed E-state index contributed by atoms with van der Waals surface area (Å²) in [6.07, 6.45) is 1.09. The van der Waals surface area contributed by atoms with Crippen molar-refractivity contribution in [1.29, 1.82) is 0 Å². The molecular formula is C15H14N2O2. The Balaban J connectivity index is 2.37. The number of carbonyl (C=O) groups is 1. The molecule has 0 aromatic heterocycles. The van der Waals surface area contributed by atoms with Crippen molar-refractivity contribution in [2.24, 2.45) is 0 Å². The molecule has 0 saturated carbocycles. The molecule has 0 fully saturated rings. The maximum Gasteiger partial charge on any atom is 0.335 e. The number of ether oxygens (including phenoxy) is 1. The summed E-state index contributed by atoms with van der Waals surface area (Å²) in [5.41, 5.74) is 14.3. The first-order valence-corrected chi connectivity index (χ1v) is 5.70. The summed E-state index contributed by atoms with van der Waals surface area (Å²) in [7, 11) is 0. The molecule has 2 aromatic rings. The molecule has 0 bridgehead atoms. The highest BCUT2D eigenvalue weighted by atomic mass is 16.5. The molecule has 0 aliphatic heterocycles. The lowest BCUT2D eigenvalue weighted by molar-refractivity contribution is -0.128. The van der Waals surface area contributed by atoms with Gasteiger partial charge in [0.1, 0.15) is 0 Å². The second kappa shape index (κ2) is 5.27. The van der Waals surface area contributed by atoms with Crippen LogP contribution in [0.3, 0.4) is 0 Å². The van der Waals surface area contributed by atoms with Crippen LogP contribution in [0.4, 0.5) is 11.4 Å². The molecule has 2 aromatic carbocycles. The van der Waals surface area contributed by atoms with Crippen LogP contribution in [0.2, 0.25) is 0 Å². The van der Waals surface area contributed by atoms with E-state index in [0.717, 1.165) is 17.2 Å². The van der Waals surface area contributed by atoms with Crippen molar-refractivity contribution >= 4 is 17.3 Å². The summed E-state index contributed by atoms with van der Waals surface area (Å²) in [5.74, 6) is -0.222. The molecule has 96 valence electrons. The fourth-order valence-electron chi connectivity index (χ4n) is 1.63. The third kappa shape index (κ3) is 2.93. The van der Waals surface area contributed by atoms with E-state index < -0.39 is 5.97 Å². The normalized spacial score (nSPS) is 9.89. The van der Waals surface area contributed by atoms with Crippen molar-refractivity contribution in [3.63, 3.8) is 0 Å². The average Bonchev–Trinajstić information content (AvgIpc) is 2.42. The fourth-order valence-corrected chi connectivity index (χ4v) is 1.63. The van der Waals surface area contributed by atoms with Gasteiger partial charge in [0.2, 0.25) is 0 Å². The maximum absolute atomic E-state index is 11.2. The highest BCUT2D eigenvalue weighted by Crippen LogP contribution is 2.29. The molecule has 0 heterocycles. The van der Waals surface area contributed by atoms with Crippen molar-refractivity contribution in [3.8, 4) is 16.9 Å². The molecule has 0 aliphatic carbocycles. The van der Waals surface area contributed by atoms with E-state index in [1.807, 2.05) is 18.2 Å². The van der Waals surface area contributed by atoms with Gasteiger partial charge in [0, 0.05) is 11.8 Å². The fraction of sp³-hybridized carbons (Fsp3) is 0. The summed E-state index contributed by atoms with van der Waals surface area (Å²) >= 11 is 0. The Morgan fingerprint density at radius 1 is 1.05 bits per heavy atom. The molecule has 0 atom stereocenters. The summed E-state index contributed by atoms with van der Waals surface area (Å²) in [6.45, 7) is 3.35. The molecular weight excluding hydrogens is 240 g/mol. The molecule has 4 N–H and O–H groups in total. The largest absolute Gasteiger partial charge is 0.421 e. The van der Waals surface area contributed by atoms with Crippen molar-refractivity contribution in [2.75, 3.05) is 11.5 Å². The summed E-state index contributed by atoms with van der Waals surface area (Å²) in [6, 6.07) is 12.6. The zero-order chi connectivity index (χ0) is 13.8. The van der Waals surface area contributed by atoms with Crippen LogP contribution in [-0.4, -0.2) is 5.97 Å². The molecule has 0 spiro atoms. The summed E-state index contributed by atoms with van der Waals surface area (Å²) < 4.78 is 5.07. The predicted octanol–water partition coefficient (Wildman–Crippen LogP) is 2.61. The number of anilines is 2. The van der Waals surface area contributed by atoms with E-state index in [4.69, 9.17) is 16.2 Å². The number of benzene rings is 2. The number of nitrogens with two attached hydrogens (primary N) is 2. The van der Waals surface area contributed by atoms with Crippen molar-refractivity contribution < 1.29 is 9.53 Å². The predicted molar refractivity (Wildman–Crippen MR) is 76.5 cm³/mol. The zero-order valence-electron chi connectivity index (χ0n) is 10.3. The standard InChI is InChI=1S/C15H14N2O2/c1-2-15(18)19-14-9-11(5-8-13(14)17)10-3-6-12(16)7-4-10/h2-9H,1,16-17H2. The molecule has 0 unspecified atom stereocenters. The minimum absolute atomic E-state index is 0.319. The zero-order valence-corrected chi connectivity index (χ0v) is 10.3. The quantitative estimate of drug-likeness (QED) is 0.382. The van der Waals surface area contributed by atoms with E-state index in [2.05, 4.69) is 6.58 Å². The molecule has 2 rings (SSSR count). The Morgan fingerprint density at radius 2 is 1.68 bits per heavy atom. The van der Waals surface area contributed by atoms with Crippen LogP contribution in [0.1, 0.15) is 0 Å². The van der Waals surface area contributed by atoms with Gasteiger partial charge >= 0.3 is 5.97 Å². The van der Waals surface area contributed by atoms with Gasteiger partial charge in [0.15, 0.2) is 5.75 Å². The van der Waals surface area contributed by atoms with Gasteiger partial charge in [-0.05, 0) is 35.4 Å². The third-order valence-electron chi connectivity index (χ3n) is 2.63. The Kier molecular flexibility index (Phi) is 3.52. The van der Waals surface area contributed by atoms with Crippen LogP contribution >= 0.6 is 0 Å². The van der Waals surface area contributed by atoms with E-state index >= 15 is 0 Å². The lowest BCUT2D eigenvalue weighted by Gasteiger charge is -2.08.